The van der Waals surface area contributed by atoms with Gasteiger partial charge in [0.15, 0.2) is 0 Å². The van der Waals surface area contributed by atoms with Gasteiger partial charge in [-0.25, -0.2) is 0 Å². The number of carbonyl (C=O) groups excluding carboxylic acids is 1. The van der Waals surface area contributed by atoms with Gasteiger partial charge in [-0.1, -0.05) is 13.8 Å². The molecule has 0 saturated carbocycles. The Morgan fingerprint density at radius 3 is 3.00 bits per heavy atom. The summed E-state index contributed by atoms with van der Waals surface area (Å²) in [6.45, 7) is 8.86. The van der Waals surface area contributed by atoms with Crippen LogP contribution in [0, 0.1) is 5.92 Å². The van der Waals surface area contributed by atoms with Crippen molar-refractivity contribution in [3.8, 4) is 0 Å². The second-order valence-electron chi connectivity index (χ2n) is 4.71. The van der Waals surface area contributed by atoms with Gasteiger partial charge in [-0.05, 0) is 25.3 Å². The lowest BCUT2D eigenvalue weighted by molar-refractivity contribution is -0.130. The van der Waals surface area contributed by atoms with Crippen molar-refractivity contribution >= 4 is 5.91 Å². The van der Waals surface area contributed by atoms with Crippen molar-refractivity contribution in [2.75, 3.05) is 39.4 Å². The average Bonchev–Trinajstić information content (AvgIpc) is 2.43. The van der Waals surface area contributed by atoms with Crippen molar-refractivity contribution in [2.24, 2.45) is 5.92 Å². The Labute approximate surface area is 98.3 Å². The van der Waals surface area contributed by atoms with Crippen LogP contribution in [0.4, 0.5) is 0 Å². The Bertz CT molecular complexity index is 207. The summed E-state index contributed by atoms with van der Waals surface area (Å²) in [7, 11) is 0. The van der Waals surface area contributed by atoms with Crippen LogP contribution >= 0.6 is 0 Å². The number of amides is 1. The van der Waals surface area contributed by atoms with Crippen molar-refractivity contribution < 1.29 is 9.53 Å². The third kappa shape index (κ3) is 5.47. The second kappa shape index (κ2) is 7.63. The summed E-state index contributed by atoms with van der Waals surface area (Å²) in [6.07, 6.45) is 2.13. The van der Waals surface area contributed by atoms with Gasteiger partial charge in [-0.2, -0.15) is 0 Å². The molecule has 1 heterocycles. The van der Waals surface area contributed by atoms with Gasteiger partial charge >= 0.3 is 0 Å². The molecule has 4 heteroatoms. The second-order valence-corrected chi connectivity index (χ2v) is 4.71. The van der Waals surface area contributed by atoms with Crippen LogP contribution in [0.2, 0.25) is 0 Å². The van der Waals surface area contributed by atoms with Crippen LogP contribution in [0.1, 0.15) is 26.7 Å². The third-order valence-corrected chi connectivity index (χ3v) is 2.76. The van der Waals surface area contributed by atoms with Crippen LogP contribution in [0.15, 0.2) is 0 Å². The van der Waals surface area contributed by atoms with Gasteiger partial charge in [0, 0.05) is 19.7 Å². The molecule has 1 aliphatic rings. The SMILES string of the molecule is CC(C)CCOCCN1CCCNCC1=O. The van der Waals surface area contributed by atoms with Crippen molar-refractivity contribution in [1.29, 1.82) is 0 Å². The fourth-order valence-electron chi connectivity index (χ4n) is 1.66. The highest BCUT2D eigenvalue weighted by molar-refractivity contribution is 5.78. The molecule has 0 spiro atoms. The van der Waals surface area contributed by atoms with E-state index in [2.05, 4.69) is 19.2 Å². The molecule has 1 fully saturated rings. The number of carbonyl (C=O) groups is 1. The summed E-state index contributed by atoms with van der Waals surface area (Å²) in [5.41, 5.74) is 0. The molecule has 0 bridgehead atoms. The standard InChI is InChI=1S/C12H24N2O2/c1-11(2)4-8-16-9-7-14-6-3-5-13-10-12(14)15/h11,13H,3-10H2,1-2H3. The summed E-state index contributed by atoms with van der Waals surface area (Å²) < 4.78 is 5.52. The first-order valence-electron chi connectivity index (χ1n) is 6.26. The quantitative estimate of drug-likeness (QED) is 0.686. The van der Waals surface area contributed by atoms with Gasteiger partial charge in [0.25, 0.3) is 0 Å². The first kappa shape index (κ1) is 13.5. The van der Waals surface area contributed by atoms with E-state index in [1.165, 1.54) is 0 Å². The van der Waals surface area contributed by atoms with E-state index in [4.69, 9.17) is 4.74 Å². The van der Waals surface area contributed by atoms with Gasteiger partial charge < -0.3 is 15.0 Å². The molecular weight excluding hydrogens is 204 g/mol. The highest BCUT2D eigenvalue weighted by Gasteiger charge is 2.15. The molecule has 0 aromatic heterocycles. The predicted molar refractivity (Wildman–Crippen MR) is 64.3 cm³/mol. The molecule has 1 N–H and O–H groups in total. The molecule has 1 saturated heterocycles. The Kier molecular flexibility index (Phi) is 6.42. The number of ether oxygens (including phenoxy) is 1. The van der Waals surface area contributed by atoms with E-state index in [1.807, 2.05) is 4.90 Å². The molecule has 1 aliphatic heterocycles. The zero-order valence-corrected chi connectivity index (χ0v) is 10.5. The number of hydrogen-bond donors (Lipinski definition) is 1. The van der Waals surface area contributed by atoms with E-state index < -0.39 is 0 Å². The molecule has 0 radical (unpaired) electrons. The number of nitrogens with zero attached hydrogens (tertiary/aromatic N) is 1. The Balaban J connectivity index is 2.08. The van der Waals surface area contributed by atoms with Crippen LogP contribution in [0.5, 0.6) is 0 Å². The molecule has 1 rings (SSSR count). The summed E-state index contributed by atoms with van der Waals surface area (Å²) in [4.78, 5) is 13.5. The maximum Gasteiger partial charge on any atom is 0.236 e. The van der Waals surface area contributed by atoms with Crippen LogP contribution < -0.4 is 5.32 Å². The summed E-state index contributed by atoms with van der Waals surface area (Å²) >= 11 is 0. The molecule has 94 valence electrons. The lowest BCUT2D eigenvalue weighted by Crippen LogP contribution is -2.37. The first-order valence-corrected chi connectivity index (χ1v) is 6.26. The smallest absolute Gasteiger partial charge is 0.236 e. The van der Waals surface area contributed by atoms with Gasteiger partial charge in [0.1, 0.15) is 0 Å². The van der Waals surface area contributed by atoms with Gasteiger partial charge in [0.2, 0.25) is 5.91 Å². The van der Waals surface area contributed by atoms with Crippen molar-refractivity contribution in [1.82, 2.24) is 10.2 Å². The molecule has 0 aromatic carbocycles. The van der Waals surface area contributed by atoms with Crippen LogP contribution in [0.25, 0.3) is 0 Å². The highest BCUT2D eigenvalue weighted by atomic mass is 16.5. The zero-order chi connectivity index (χ0) is 11.8. The van der Waals surface area contributed by atoms with Gasteiger partial charge in [0.05, 0.1) is 13.2 Å². The molecule has 0 aromatic rings. The van der Waals surface area contributed by atoms with E-state index >= 15 is 0 Å². The highest BCUT2D eigenvalue weighted by Crippen LogP contribution is 2.00. The lowest BCUT2D eigenvalue weighted by atomic mass is 10.1. The maximum atomic E-state index is 11.6. The van der Waals surface area contributed by atoms with E-state index in [-0.39, 0.29) is 5.91 Å². The largest absolute Gasteiger partial charge is 0.380 e. The minimum absolute atomic E-state index is 0.199. The fourth-order valence-corrected chi connectivity index (χ4v) is 1.66. The third-order valence-electron chi connectivity index (χ3n) is 2.76. The predicted octanol–water partition coefficient (Wildman–Crippen LogP) is 0.871. The monoisotopic (exact) mass is 228 g/mol. The minimum atomic E-state index is 0.199. The molecule has 0 atom stereocenters. The Morgan fingerprint density at radius 1 is 1.44 bits per heavy atom. The number of hydrogen-bond acceptors (Lipinski definition) is 3. The molecule has 16 heavy (non-hydrogen) atoms. The Morgan fingerprint density at radius 2 is 2.25 bits per heavy atom. The van der Waals surface area contributed by atoms with Crippen molar-refractivity contribution in [3.05, 3.63) is 0 Å². The molecule has 4 nitrogen and oxygen atoms in total. The number of nitrogens with one attached hydrogen (secondary N) is 1. The fraction of sp³-hybridized carbons (Fsp3) is 0.917. The van der Waals surface area contributed by atoms with E-state index in [0.717, 1.165) is 39.1 Å². The van der Waals surface area contributed by atoms with E-state index in [1.54, 1.807) is 0 Å². The van der Waals surface area contributed by atoms with Crippen LogP contribution in [0.3, 0.4) is 0 Å². The average molecular weight is 228 g/mol. The van der Waals surface area contributed by atoms with E-state index in [9.17, 15) is 4.79 Å². The molecule has 1 amide bonds. The van der Waals surface area contributed by atoms with Crippen molar-refractivity contribution in [3.63, 3.8) is 0 Å². The van der Waals surface area contributed by atoms with Crippen LogP contribution in [-0.4, -0.2) is 50.2 Å². The lowest BCUT2D eigenvalue weighted by Gasteiger charge is -2.20. The van der Waals surface area contributed by atoms with Gasteiger partial charge in [-0.3, -0.25) is 4.79 Å². The molecular formula is C12H24N2O2. The van der Waals surface area contributed by atoms with Crippen molar-refractivity contribution in [2.45, 2.75) is 26.7 Å². The summed E-state index contributed by atoms with van der Waals surface area (Å²) in [5, 5.41) is 3.11. The minimum Gasteiger partial charge on any atom is -0.380 e. The van der Waals surface area contributed by atoms with Crippen LogP contribution in [-0.2, 0) is 9.53 Å². The molecule has 0 unspecified atom stereocenters. The Hall–Kier alpha value is -0.610. The normalized spacial score (nSPS) is 17.9. The maximum absolute atomic E-state index is 11.6. The van der Waals surface area contributed by atoms with E-state index in [0.29, 0.717) is 19.1 Å². The molecule has 0 aliphatic carbocycles. The zero-order valence-electron chi connectivity index (χ0n) is 10.5. The topological polar surface area (TPSA) is 41.6 Å². The number of rotatable bonds is 6. The van der Waals surface area contributed by atoms with Gasteiger partial charge in [-0.15, -0.1) is 0 Å². The summed E-state index contributed by atoms with van der Waals surface area (Å²) in [5.74, 6) is 0.883. The summed E-state index contributed by atoms with van der Waals surface area (Å²) in [6, 6.07) is 0. The first-order chi connectivity index (χ1) is 7.70.